The largest absolute Gasteiger partial charge is 0.358 e. The summed E-state index contributed by atoms with van der Waals surface area (Å²) in [5.74, 6) is 0. The number of thiocarbonyl (C=S) groups is 1. The van der Waals surface area contributed by atoms with Crippen molar-refractivity contribution in [2.75, 3.05) is 18.4 Å². The van der Waals surface area contributed by atoms with Crippen molar-refractivity contribution in [1.29, 1.82) is 0 Å². The number of nitrogens with zero attached hydrogens (tertiary/aromatic N) is 1. The smallest absolute Gasteiger partial charge is 0.171 e. The standard InChI is InChI=1S/C19H22ClN3S/c1-14-7-8-16(11-18(14)20)21-19(24)22-17-9-10-23(13-17)12-15-5-3-2-4-6-15/h2-8,11,17H,9-10,12-13H2,1H3,(H2,21,22,24)/t17-/m0/s1. The van der Waals surface area contributed by atoms with Gasteiger partial charge in [0, 0.05) is 36.4 Å². The summed E-state index contributed by atoms with van der Waals surface area (Å²) in [5.41, 5.74) is 3.34. The third kappa shape index (κ3) is 4.69. The summed E-state index contributed by atoms with van der Waals surface area (Å²) in [6, 6.07) is 16.9. The normalized spacial score (nSPS) is 17.7. The Morgan fingerprint density at radius 1 is 1.25 bits per heavy atom. The zero-order chi connectivity index (χ0) is 16.9. The highest BCUT2D eigenvalue weighted by molar-refractivity contribution is 7.80. The van der Waals surface area contributed by atoms with Crippen LogP contribution >= 0.6 is 23.8 Å². The van der Waals surface area contributed by atoms with Crippen molar-refractivity contribution < 1.29 is 0 Å². The third-order valence-corrected chi connectivity index (χ3v) is 4.91. The quantitative estimate of drug-likeness (QED) is 0.800. The number of nitrogens with one attached hydrogen (secondary N) is 2. The van der Waals surface area contributed by atoms with E-state index >= 15 is 0 Å². The van der Waals surface area contributed by atoms with Gasteiger partial charge in [-0.1, -0.05) is 48.0 Å². The van der Waals surface area contributed by atoms with Crippen LogP contribution in [0.4, 0.5) is 5.69 Å². The number of aryl methyl sites for hydroxylation is 1. The average molecular weight is 360 g/mol. The summed E-state index contributed by atoms with van der Waals surface area (Å²) in [4.78, 5) is 2.46. The molecule has 1 heterocycles. The van der Waals surface area contributed by atoms with E-state index in [9.17, 15) is 0 Å². The topological polar surface area (TPSA) is 27.3 Å². The van der Waals surface area contributed by atoms with Gasteiger partial charge in [0.1, 0.15) is 0 Å². The molecule has 2 N–H and O–H groups in total. The number of hydrogen-bond donors (Lipinski definition) is 2. The van der Waals surface area contributed by atoms with E-state index in [2.05, 4.69) is 45.9 Å². The van der Waals surface area contributed by atoms with Gasteiger partial charge in [-0.15, -0.1) is 0 Å². The first-order valence-corrected chi connectivity index (χ1v) is 8.99. The van der Waals surface area contributed by atoms with Gasteiger partial charge in [-0.05, 0) is 48.8 Å². The van der Waals surface area contributed by atoms with Gasteiger partial charge in [0.2, 0.25) is 0 Å². The summed E-state index contributed by atoms with van der Waals surface area (Å²) < 4.78 is 0. The lowest BCUT2D eigenvalue weighted by Crippen LogP contribution is -2.39. The van der Waals surface area contributed by atoms with Crippen LogP contribution < -0.4 is 10.6 Å². The van der Waals surface area contributed by atoms with E-state index in [1.807, 2.05) is 25.1 Å². The maximum atomic E-state index is 6.15. The number of anilines is 1. The molecule has 1 saturated heterocycles. The minimum Gasteiger partial charge on any atom is -0.358 e. The highest BCUT2D eigenvalue weighted by Gasteiger charge is 2.22. The van der Waals surface area contributed by atoms with Crippen LogP contribution in [0.2, 0.25) is 5.02 Å². The van der Waals surface area contributed by atoms with E-state index in [1.165, 1.54) is 5.56 Å². The Morgan fingerprint density at radius 2 is 2.04 bits per heavy atom. The number of halogens is 1. The van der Waals surface area contributed by atoms with Crippen molar-refractivity contribution in [2.24, 2.45) is 0 Å². The molecule has 1 fully saturated rings. The van der Waals surface area contributed by atoms with Crippen molar-refractivity contribution >= 4 is 34.6 Å². The second kappa shape index (κ2) is 7.97. The molecule has 3 rings (SSSR count). The number of hydrogen-bond acceptors (Lipinski definition) is 2. The summed E-state index contributed by atoms with van der Waals surface area (Å²) in [6.45, 7) is 5.08. The van der Waals surface area contributed by atoms with Crippen LogP contribution in [0.3, 0.4) is 0 Å². The van der Waals surface area contributed by atoms with E-state index in [0.717, 1.165) is 42.3 Å². The molecule has 0 aliphatic carbocycles. The molecule has 2 aromatic rings. The molecular formula is C19H22ClN3S. The van der Waals surface area contributed by atoms with Crippen LogP contribution in [0.15, 0.2) is 48.5 Å². The van der Waals surface area contributed by atoms with Crippen molar-refractivity contribution in [3.63, 3.8) is 0 Å². The Morgan fingerprint density at radius 3 is 2.79 bits per heavy atom. The number of benzene rings is 2. The summed E-state index contributed by atoms with van der Waals surface area (Å²) >= 11 is 11.6. The molecule has 0 saturated carbocycles. The van der Waals surface area contributed by atoms with Crippen LogP contribution in [0, 0.1) is 6.92 Å². The maximum absolute atomic E-state index is 6.15. The fourth-order valence-electron chi connectivity index (χ4n) is 2.96. The third-order valence-electron chi connectivity index (χ3n) is 4.29. The molecule has 1 aliphatic heterocycles. The molecular weight excluding hydrogens is 338 g/mol. The summed E-state index contributed by atoms with van der Waals surface area (Å²) in [6.07, 6.45) is 1.10. The van der Waals surface area contributed by atoms with Gasteiger partial charge < -0.3 is 10.6 Å². The second-order valence-corrected chi connectivity index (χ2v) is 7.08. The fraction of sp³-hybridized carbons (Fsp3) is 0.316. The fourth-order valence-corrected chi connectivity index (χ4v) is 3.42. The summed E-state index contributed by atoms with van der Waals surface area (Å²) in [7, 11) is 0. The highest BCUT2D eigenvalue weighted by Crippen LogP contribution is 2.20. The molecule has 0 amide bonds. The van der Waals surface area contributed by atoms with Crippen LogP contribution in [0.1, 0.15) is 17.5 Å². The van der Waals surface area contributed by atoms with Gasteiger partial charge in [-0.2, -0.15) is 0 Å². The first-order chi connectivity index (χ1) is 11.6. The lowest BCUT2D eigenvalue weighted by molar-refractivity contribution is 0.324. The van der Waals surface area contributed by atoms with Crippen molar-refractivity contribution in [2.45, 2.75) is 25.9 Å². The molecule has 1 aliphatic rings. The molecule has 0 aromatic heterocycles. The molecule has 0 spiro atoms. The predicted molar refractivity (Wildman–Crippen MR) is 106 cm³/mol. The molecule has 5 heteroatoms. The highest BCUT2D eigenvalue weighted by atomic mass is 35.5. The van der Waals surface area contributed by atoms with Crippen LogP contribution in [-0.4, -0.2) is 29.1 Å². The van der Waals surface area contributed by atoms with Crippen LogP contribution in [-0.2, 0) is 6.54 Å². The Balaban J connectivity index is 1.48. The number of rotatable bonds is 4. The Labute approximate surface area is 154 Å². The average Bonchev–Trinajstić information content (AvgIpc) is 2.99. The molecule has 2 aromatic carbocycles. The Kier molecular flexibility index (Phi) is 5.72. The molecule has 1 atom stereocenters. The van der Waals surface area contributed by atoms with E-state index in [-0.39, 0.29) is 0 Å². The SMILES string of the molecule is Cc1ccc(NC(=S)N[C@H]2CCN(Cc3ccccc3)C2)cc1Cl. The lowest BCUT2D eigenvalue weighted by atomic mass is 10.2. The first kappa shape index (κ1) is 17.2. The van der Waals surface area contributed by atoms with Crippen molar-refractivity contribution in [3.05, 3.63) is 64.7 Å². The Bertz CT molecular complexity index is 705. The minimum atomic E-state index is 0.384. The van der Waals surface area contributed by atoms with Crippen LogP contribution in [0.25, 0.3) is 0 Å². The Hall–Kier alpha value is -1.62. The molecule has 0 unspecified atom stereocenters. The van der Waals surface area contributed by atoms with Gasteiger partial charge in [0.05, 0.1) is 0 Å². The van der Waals surface area contributed by atoms with Crippen molar-refractivity contribution in [3.8, 4) is 0 Å². The lowest BCUT2D eigenvalue weighted by Gasteiger charge is -2.18. The van der Waals surface area contributed by atoms with E-state index in [4.69, 9.17) is 23.8 Å². The van der Waals surface area contributed by atoms with Gasteiger partial charge in [-0.25, -0.2) is 0 Å². The molecule has 0 radical (unpaired) electrons. The molecule has 126 valence electrons. The minimum absolute atomic E-state index is 0.384. The van der Waals surface area contributed by atoms with Crippen molar-refractivity contribution in [1.82, 2.24) is 10.2 Å². The molecule has 24 heavy (non-hydrogen) atoms. The zero-order valence-electron chi connectivity index (χ0n) is 13.8. The number of likely N-dealkylation sites (tertiary alicyclic amines) is 1. The maximum Gasteiger partial charge on any atom is 0.171 e. The monoisotopic (exact) mass is 359 g/mol. The van der Waals surface area contributed by atoms with E-state index in [1.54, 1.807) is 0 Å². The first-order valence-electron chi connectivity index (χ1n) is 8.20. The second-order valence-electron chi connectivity index (χ2n) is 6.27. The van der Waals surface area contributed by atoms with Gasteiger partial charge in [-0.3, -0.25) is 4.90 Å². The van der Waals surface area contributed by atoms with Crippen LogP contribution in [0.5, 0.6) is 0 Å². The predicted octanol–water partition coefficient (Wildman–Crippen LogP) is 4.21. The van der Waals surface area contributed by atoms with Gasteiger partial charge >= 0.3 is 0 Å². The molecule has 3 nitrogen and oxygen atoms in total. The molecule has 0 bridgehead atoms. The van der Waals surface area contributed by atoms with Gasteiger partial charge in [0.25, 0.3) is 0 Å². The summed E-state index contributed by atoms with van der Waals surface area (Å²) in [5, 5.41) is 8.03. The van der Waals surface area contributed by atoms with Gasteiger partial charge in [0.15, 0.2) is 5.11 Å². The van der Waals surface area contributed by atoms with E-state index in [0.29, 0.717) is 11.2 Å². The van der Waals surface area contributed by atoms with E-state index < -0.39 is 0 Å². The zero-order valence-corrected chi connectivity index (χ0v) is 15.3.